The van der Waals surface area contributed by atoms with E-state index >= 15 is 0 Å². The van der Waals surface area contributed by atoms with Crippen molar-refractivity contribution >= 4 is 11.8 Å². The Morgan fingerprint density at radius 1 is 1.30 bits per heavy atom. The highest BCUT2D eigenvalue weighted by molar-refractivity contribution is 5.89. The molecule has 0 bridgehead atoms. The third-order valence-corrected chi connectivity index (χ3v) is 5.49. The van der Waals surface area contributed by atoms with Gasteiger partial charge in [0, 0.05) is 56.1 Å². The Bertz CT molecular complexity index is 871. The average molecular weight is 367 g/mol. The van der Waals surface area contributed by atoms with E-state index in [1.54, 1.807) is 11.9 Å². The van der Waals surface area contributed by atoms with E-state index in [1.165, 1.54) is 29.7 Å². The van der Waals surface area contributed by atoms with Crippen molar-refractivity contribution in [3.05, 3.63) is 35.9 Å². The Morgan fingerprint density at radius 2 is 2.11 bits per heavy atom. The molecule has 2 aliphatic rings. The molecule has 1 unspecified atom stereocenters. The molecular formula is C20H25N5O2. The molecule has 4 rings (SSSR count). The maximum absolute atomic E-state index is 12.3. The summed E-state index contributed by atoms with van der Waals surface area (Å²) < 4.78 is 2.03. The van der Waals surface area contributed by atoms with Crippen LogP contribution in [0.25, 0.3) is 11.1 Å². The van der Waals surface area contributed by atoms with Crippen molar-refractivity contribution < 1.29 is 9.59 Å². The van der Waals surface area contributed by atoms with Crippen LogP contribution in [0.4, 0.5) is 0 Å². The average Bonchev–Trinajstić information content (AvgIpc) is 3.32. The highest BCUT2D eigenvalue weighted by Gasteiger charge is 2.33. The van der Waals surface area contributed by atoms with E-state index in [2.05, 4.69) is 22.3 Å². The number of carbonyl (C=O) groups excluding carboxylic acids is 2. The molecule has 0 radical (unpaired) electrons. The smallest absolute Gasteiger partial charge is 0.225 e. The van der Waals surface area contributed by atoms with Crippen LogP contribution < -0.4 is 5.32 Å². The third kappa shape index (κ3) is 3.59. The molecule has 7 nitrogen and oxygen atoms in total. The van der Waals surface area contributed by atoms with Gasteiger partial charge in [0.25, 0.3) is 0 Å². The predicted molar refractivity (Wildman–Crippen MR) is 101 cm³/mol. The van der Waals surface area contributed by atoms with Gasteiger partial charge in [-0.25, -0.2) is 0 Å². The number of nitrogens with zero attached hydrogens (tertiary/aromatic N) is 4. The minimum atomic E-state index is -0.238. The van der Waals surface area contributed by atoms with Crippen LogP contribution in [0.3, 0.4) is 0 Å². The molecule has 142 valence electrons. The number of hydrogen-bond acceptors (Lipinski definition) is 4. The van der Waals surface area contributed by atoms with Gasteiger partial charge in [0.05, 0.1) is 18.7 Å². The first-order valence-corrected chi connectivity index (χ1v) is 9.53. The summed E-state index contributed by atoms with van der Waals surface area (Å²) >= 11 is 0. The van der Waals surface area contributed by atoms with Gasteiger partial charge in [0.1, 0.15) is 0 Å². The van der Waals surface area contributed by atoms with Crippen molar-refractivity contribution in [1.82, 2.24) is 25.0 Å². The lowest BCUT2D eigenvalue weighted by molar-refractivity contribution is -0.128. The SMILES string of the molecule is Cc1cnccc1-c1cnn(CCNC(=O)C2CC(=O)N(C)C2)c1C1CC1. The summed E-state index contributed by atoms with van der Waals surface area (Å²) in [7, 11) is 1.74. The highest BCUT2D eigenvalue weighted by atomic mass is 16.2. The quantitative estimate of drug-likeness (QED) is 0.843. The fourth-order valence-corrected chi connectivity index (χ4v) is 3.81. The Labute approximate surface area is 158 Å². The number of hydrogen-bond donors (Lipinski definition) is 1. The number of amides is 2. The molecule has 7 heteroatoms. The number of aromatic nitrogens is 3. The first-order valence-electron chi connectivity index (χ1n) is 9.53. The Balaban J connectivity index is 1.43. The van der Waals surface area contributed by atoms with Gasteiger partial charge in [-0.2, -0.15) is 5.10 Å². The van der Waals surface area contributed by atoms with Crippen molar-refractivity contribution in [3.63, 3.8) is 0 Å². The second-order valence-corrected chi connectivity index (χ2v) is 7.60. The zero-order valence-electron chi connectivity index (χ0n) is 15.8. The van der Waals surface area contributed by atoms with E-state index in [0.29, 0.717) is 32.0 Å². The number of nitrogens with one attached hydrogen (secondary N) is 1. The molecule has 2 amide bonds. The summed E-state index contributed by atoms with van der Waals surface area (Å²) in [4.78, 5) is 29.7. The molecule has 0 spiro atoms. The molecule has 1 aliphatic carbocycles. The molecule has 1 saturated carbocycles. The van der Waals surface area contributed by atoms with Gasteiger partial charge in [-0.3, -0.25) is 19.3 Å². The summed E-state index contributed by atoms with van der Waals surface area (Å²) in [5.74, 6) is 0.304. The molecule has 3 heterocycles. The highest BCUT2D eigenvalue weighted by Crippen LogP contribution is 2.44. The first kappa shape index (κ1) is 17.7. The number of likely N-dealkylation sites (tertiary alicyclic amines) is 1. The van der Waals surface area contributed by atoms with E-state index in [0.717, 1.165) is 5.56 Å². The monoisotopic (exact) mass is 367 g/mol. The van der Waals surface area contributed by atoms with Crippen LogP contribution in [-0.4, -0.2) is 51.6 Å². The molecule has 1 N–H and O–H groups in total. The topological polar surface area (TPSA) is 80.1 Å². The molecule has 1 atom stereocenters. The van der Waals surface area contributed by atoms with E-state index < -0.39 is 0 Å². The summed E-state index contributed by atoms with van der Waals surface area (Å²) in [5.41, 5.74) is 4.75. The van der Waals surface area contributed by atoms with Crippen molar-refractivity contribution in [1.29, 1.82) is 0 Å². The Kier molecular flexibility index (Phi) is 4.68. The largest absolute Gasteiger partial charge is 0.354 e. The zero-order valence-corrected chi connectivity index (χ0v) is 15.8. The molecule has 1 aliphatic heterocycles. The van der Waals surface area contributed by atoms with Gasteiger partial charge < -0.3 is 10.2 Å². The van der Waals surface area contributed by atoms with Crippen LogP contribution in [0.5, 0.6) is 0 Å². The van der Waals surface area contributed by atoms with Gasteiger partial charge in [-0.1, -0.05) is 0 Å². The molecule has 27 heavy (non-hydrogen) atoms. The summed E-state index contributed by atoms with van der Waals surface area (Å²) in [6.45, 7) is 3.73. The lowest BCUT2D eigenvalue weighted by Crippen LogP contribution is -2.34. The fourth-order valence-electron chi connectivity index (χ4n) is 3.81. The van der Waals surface area contributed by atoms with Gasteiger partial charge >= 0.3 is 0 Å². The Hall–Kier alpha value is -2.70. The second kappa shape index (κ2) is 7.13. The second-order valence-electron chi connectivity index (χ2n) is 7.60. The molecule has 2 fully saturated rings. The maximum atomic E-state index is 12.3. The fraction of sp³-hybridized carbons (Fsp3) is 0.500. The van der Waals surface area contributed by atoms with Crippen LogP contribution in [0, 0.1) is 12.8 Å². The van der Waals surface area contributed by atoms with E-state index in [1.807, 2.05) is 29.3 Å². The van der Waals surface area contributed by atoms with Gasteiger partial charge in [-0.15, -0.1) is 0 Å². The molecule has 2 aromatic rings. The van der Waals surface area contributed by atoms with E-state index in [-0.39, 0.29) is 17.7 Å². The van der Waals surface area contributed by atoms with Gasteiger partial charge in [0.2, 0.25) is 11.8 Å². The molecule has 0 aromatic carbocycles. The number of carbonyl (C=O) groups is 2. The van der Waals surface area contributed by atoms with Crippen LogP contribution in [0.2, 0.25) is 0 Å². The van der Waals surface area contributed by atoms with E-state index in [9.17, 15) is 9.59 Å². The Morgan fingerprint density at radius 3 is 2.78 bits per heavy atom. The molecular weight excluding hydrogens is 342 g/mol. The number of pyridine rings is 1. The standard InChI is InChI=1S/C20H25N5O2/c1-13-10-21-6-5-16(13)17-11-23-25(19(17)14-3-4-14)8-7-22-20(27)15-9-18(26)24(2)12-15/h5-6,10-11,14-15H,3-4,7-9,12H2,1-2H3,(H,22,27). The third-order valence-electron chi connectivity index (χ3n) is 5.49. The zero-order chi connectivity index (χ0) is 19.0. The lowest BCUT2D eigenvalue weighted by atomic mass is 10.0. The predicted octanol–water partition coefficient (Wildman–Crippen LogP) is 1.73. The van der Waals surface area contributed by atoms with E-state index in [4.69, 9.17) is 0 Å². The van der Waals surface area contributed by atoms with Crippen molar-refractivity contribution in [3.8, 4) is 11.1 Å². The van der Waals surface area contributed by atoms with Crippen molar-refractivity contribution in [2.45, 2.75) is 38.6 Å². The van der Waals surface area contributed by atoms with Crippen molar-refractivity contribution in [2.75, 3.05) is 20.1 Å². The van der Waals surface area contributed by atoms with Gasteiger partial charge in [-0.05, 0) is 37.0 Å². The first-order chi connectivity index (χ1) is 13.0. The minimum absolute atomic E-state index is 0.0376. The normalized spacial score (nSPS) is 19.6. The summed E-state index contributed by atoms with van der Waals surface area (Å²) in [6, 6.07) is 2.04. The van der Waals surface area contributed by atoms with Crippen LogP contribution in [-0.2, 0) is 16.1 Å². The summed E-state index contributed by atoms with van der Waals surface area (Å²) in [6.07, 6.45) is 8.31. The molecule has 1 saturated heterocycles. The van der Waals surface area contributed by atoms with Crippen LogP contribution >= 0.6 is 0 Å². The number of rotatable bonds is 6. The van der Waals surface area contributed by atoms with Crippen molar-refractivity contribution in [2.24, 2.45) is 5.92 Å². The maximum Gasteiger partial charge on any atom is 0.225 e. The summed E-state index contributed by atoms with van der Waals surface area (Å²) in [5, 5.41) is 7.57. The minimum Gasteiger partial charge on any atom is -0.354 e. The lowest BCUT2D eigenvalue weighted by Gasteiger charge is -2.13. The van der Waals surface area contributed by atoms with Crippen LogP contribution in [0.1, 0.15) is 36.4 Å². The number of aryl methyl sites for hydroxylation is 1. The molecule has 2 aromatic heterocycles. The van der Waals surface area contributed by atoms with Crippen LogP contribution in [0.15, 0.2) is 24.7 Å². The van der Waals surface area contributed by atoms with Gasteiger partial charge in [0.15, 0.2) is 0 Å².